The minimum atomic E-state index is -4.12. The fourth-order valence-corrected chi connectivity index (χ4v) is 2.26. The van der Waals surface area contributed by atoms with Gasteiger partial charge in [0.25, 0.3) is 5.69 Å². The Morgan fingerprint density at radius 3 is 2.56 bits per heavy atom. The van der Waals surface area contributed by atoms with E-state index < -0.39 is 38.0 Å². The number of rotatable bonds is 5. The molecule has 1 amide bonds. The number of benzene rings is 1. The predicted octanol–water partition coefficient (Wildman–Crippen LogP) is -1.06. The van der Waals surface area contributed by atoms with Gasteiger partial charge in [-0.05, 0) is 6.07 Å². The standard InChI is InChI=1S/C8H10N4O5S/c9-6-2-1-5(12(14)15)3-7(6)18(16,17)11-4-8(10)13/h1-3,11H,4,9H2,(H2,10,13). The lowest BCUT2D eigenvalue weighted by atomic mass is 10.3. The molecule has 0 radical (unpaired) electrons. The summed E-state index contributed by atoms with van der Waals surface area (Å²) in [5.74, 6) is -0.887. The minimum Gasteiger partial charge on any atom is -0.398 e. The molecule has 0 heterocycles. The minimum absolute atomic E-state index is 0.169. The number of hydrogen-bond donors (Lipinski definition) is 3. The number of anilines is 1. The number of hydrogen-bond acceptors (Lipinski definition) is 6. The number of nitro benzene ring substituents is 1. The van der Waals surface area contributed by atoms with Crippen molar-refractivity contribution in [3.8, 4) is 0 Å². The van der Waals surface area contributed by atoms with Gasteiger partial charge in [0.15, 0.2) is 0 Å². The highest BCUT2D eigenvalue weighted by molar-refractivity contribution is 7.89. The summed E-state index contributed by atoms with van der Waals surface area (Å²) >= 11 is 0. The lowest BCUT2D eigenvalue weighted by Crippen LogP contribution is -2.33. The van der Waals surface area contributed by atoms with Crippen LogP contribution in [-0.2, 0) is 14.8 Å². The molecule has 10 heteroatoms. The third-order valence-electron chi connectivity index (χ3n) is 1.93. The molecule has 0 aliphatic heterocycles. The highest BCUT2D eigenvalue weighted by Crippen LogP contribution is 2.23. The summed E-state index contributed by atoms with van der Waals surface area (Å²) < 4.78 is 25.3. The number of nitrogen functional groups attached to an aromatic ring is 1. The Labute approximate surface area is 102 Å². The normalized spacial score (nSPS) is 11.1. The molecule has 0 aliphatic rings. The molecule has 18 heavy (non-hydrogen) atoms. The number of nitrogens with two attached hydrogens (primary N) is 2. The molecule has 0 atom stereocenters. The van der Waals surface area contributed by atoms with Crippen molar-refractivity contribution >= 4 is 27.3 Å². The van der Waals surface area contributed by atoms with Crippen LogP contribution in [0, 0.1) is 10.1 Å². The van der Waals surface area contributed by atoms with Crippen LogP contribution in [0.25, 0.3) is 0 Å². The zero-order valence-corrected chi connectivity index (χ0v) is 9.81. The Hall–Kier alpha value is -2.20. The van der Waals surface area contributed by atoms with E-state index >= 15 is 0 Å². The zero-order valence-electron chi connectivity index (χ0n) is 8.99. The van der Waals surface area contributed by atoms with Gasteiger partial charge < -0.3 is 11.5 Å². The van der Waals surface area contributed by atoms with Gasteiger partial charge in [0, 0.05) is 12.1 Å². The lowest BCUT2D eigenvalue weighted by molar-refractivity contribution is -0.385. The number of nitro groups is 1. The van der Waals surface area contributed by atoms with E-state index in [9.17, 15) is 23.3 Å². The molecule has 0 bridgehead atoms. The molecule has 0 fully saturated rings. The first-order valence-electron chi connectivity index (χ1n) is 4.56. The molecule has 1 rings (SSSR count). The van der Waals surface area contributed by atoms with E-state index in [1.807, 2.05) is 4.72 Å². The molecule has 0 spiro atoms. The van der Waals surface area contributed by atoms with E-state index in [0.29, 0.717) is 0 Å². The first kappa shape index (κ1) is 13.9. The SMILES string of the molecule is NC(=O)CNS(=O)(=O)c1cc([N+](=O)[O-])ccc1N. The topological polar surface area (TPSA) is 158 Å². The molecular formula is C8H10N4O5S. The number of primary amides is 1. The van der Waals surface area contributed by atoms with Gasteiger partial charge in [-0.3, -0.25) is 14.9 Å². The van der Waals surface area contributed by atoms with Crippen molar-refractivity contribution < 1.29 is 18.1 Å². The van der Waals surface area contributed by atoms with Crippen LogP contribution < -0.4 is 16.2 Å². The third-order valence-corrected chi connectivity index (χ3v) is 3.39. The van der Waals surface area contributed by atoms with Gasteiger partial charge in [0.1, 0.15) is 4.90 Å². The third kappa shape index (κ3) is 3.15. The number of non-ortho nitro benzene ring substituents is 1. The maximum absolute atomic E-state index is 11.7. The molecule has 1 aromatic carbocycles. The molecule has 0 saturated carbocycles. The van der Waals surface area contributed by atoms with Crippen LogP contribution in [-0.4, -0.2) is 25.8 Å². The molecule has 0 aliphatic carbocycles. The van der Waals surface area contributed by atoms with Crippen LogP contribution in [0.4, 0.5) is 11.4 Å². The van der Waals surface area contributed by atoms with E-state index in [2.05, 4.69) is 0 Å². The molecule has 1 aromatic rings. The molecule has 9 nitrogen and oxygen atoms in total. The predicted molar refractivity (Wildman–Crippen MR) is 61.9 cm³/mol. The van der Waals surface area contributed by atoms with Gasteiger partial charge in [-0.1, -0.05) is 0 Å². The Balaban J connectivity index is 3.18. The van der Waals surface area contributed by atoms with Gasteiger partial charge in [-0.2, -0.15) is 0 Å². The van der Waals surface area contributed by atoms with Gasteiger partial charge in [-0.25, -0.2) is 13.1 Å². The fraction of sp³-hybridized carbons (Fsp3) is 0.125. The second-order valence-electron chi connectivity index (χ2n) is 3.27. The van der Waals surface area contributed by atoms with Crippen molar-refractivity contribution in [2.45, 2.75) is 4.90 Å². The smallest absolute Gasteiger partial charge is 0.270 e. The van der Waals surface area contributed by atoms with Crippen LogP contribution in [0.3, 0.4) is 0 Å². The van der Waals surface area contributed by atoms with E-state index in [1.54, 1.807) is 0 Å². The Morgan fingerprint density at radius 1 is 1.44 bits per heavy atom. The summed E-state index contributed by atoms with van der Waals surface area (Å²) in [6.45, 7) is -0.621. The lowest BCUT2D eigenvalue weighted by Gasteiger charge is -2.07. The summed E-state index contributed by atoms with van der Waals surface area (Å²) in [5.41, 5.74) is 9.62. The number of carbonyl (C=O) groups excluding carboxylic acids is 1. The number of nitrogens with one attached hydrogen (secondary N) is 1. The van der Waals surface area contributed by atoms with Crippen molar-refractivity contribution in [2.24, 2.45) is 5.73 Å². The molecule has 0 unspecified atom stereocenters. The Morgan fingerprint density at radius 2 is 2.06 bits per heavy atom. The summed E-state index contributed by atoms with van der Waals surface area (Å²) in [7, 11) is -4.12. The molecule has 98 valence electrons. The van der Waals surface area contributed by atoms with E-state index in [-0.39, 0.29) is 5.69 Å². The number of nitrogens with zero attached hydrogens (tertiary/aromatic N) is 1. The van der Waals surface area contributed by atoms with E-state index in [1.165, 1.54) is 0 Å². The Bertz CT molecular complexity index is 598. The van der Waals surface area contributed by atoms with Gasteiger partial charge in [0.2, 0.25) is 15.9 Å². The van der Waals surface area contributed by atoms with Crippen LogP contribution in [0.1, 0.15) is 0 Å². The van der Waals surface area contributed by atoms with Crippen LogP contribution in [0.5, 0.6) is 0 Å². The maximum Gasteiger partial charge on any atom is 0.270 e. The second kappa shape index (κ2) is 4.98. The average Bonchev–Trinajstić information content (AvgIpc) is 2.26. The van der Waals surface area contributed by atoms with Crippen LogP contribution in [0.15, 0.2) is 23.1 Å². The van der Waals surface area contributed by atoms with Crippen LogP contribution >= 0.6 is 0 Å². The van der Waals surface area contributed by atoms with Crippen molar-refractivity contribution in [1.29, 1.82) is 0 Å². The number of carbonyl (C=O) groups is 1. The first-order valence-corrected chi connectivity index (χ1v) is 6.04. The fourth-order valence-electron chi connectivity index (χ4n) is 1.11. The summed E-state index contributed by atoms with van der Waals surface area (Å²) in [4.78, 5) is 19.8. The van der Waals surface area contributed by atoms with E-state index in [4.69, 9.17) is 11.5 Å². The summed E-state index contributed by atoms with van der Waals surface area (Å²) in [5, 5.41) is 10.5. The zero-order chi connectivity index (χ0) is 13.9. The molecule has 0 saturated heterocycles. The maximum atomic E-state index is 11.7. The highest BCUT2D eigenvalue weighted by Gasteiger charge is 2.21. The van der Waals surface area contributed by atoms with Crippen molar-refractivity contribution in [3.63, 3.8) is 0 Å². The number of amides is 1. The van der Waals surface area contributed by atoms with Crippen molar-refractivity contribution in [3.05, 3.63) is 28.3 Å². The number of sulfonamides is 1. The first-order chi connectivity index (χ1) is 8.24. The highest BCUT2D eigenvalue weighted by atomic mass is 32.2. The van der Waals surface area contributed by atoms with E-state index in [0.717, 1.165) is 18.2 Å². The van der Waals surface area contributed by atoms with Gasteiger partial charge in [0.05, 0.1) is 17.2 Å². The monoisotopic (exact) mass is 274 g/mol. The quantitative estimate of drug-likeness (QED) is 0.352. The average molecular weight is 274 g/mol. The molecular weight excluding hydrogens is 264 g/mol. The summed E-state index contributed by atoms with van der Waals surface area (Å²) in [6, 6.07) is 2.97. The second-order valence-corrected chi connectivity index (χ2v) is 5.01. The van der Waals surface area contributed by atoms with Crippen molar-refractivity contribution in [1.82, 2.24) is 4.72 Å². The molecule has 0 aromatic heterocycles. The molecule has 5 N–H and O–H groups in total. The van der Waals surface area contributed by atoms with Gasteiger partial charge in [-0.15, -0.1) is 0 Å². The summed E-state index contributed by atoms with van der Waals surface area (Å²) in [6.07, 6.45) is 0. The largest absolute Gasteiger partial charge is 0.398 e. The van der Waals surface area contributed by atoms with Gasteiger partial charge >= 0.3 is 0 Å². The van der Waals surface area contributed by atoms with Crippen LogP contribution in [0.2, 0.25) is 0 Å². The van der Waals surface area contributed by atoms with Crippen molar-refractivity contribution in [2.75, 3.05) is 12.3 Å². The Kier molecular flexibility index (Phi) is 3.83.